The summed E-state index contributed by atoms with van der Waals surface area (Å²) in [5, 5.41) is 13.7. The quantitative estimate of drug-likeness (QED) is 0.392. The zero-order valence-electron chi connectivity index (χ0n) is 10.8. The van der Waals surface area contributed by atoms with Gasteiger partial charge in [-0.25, -0.2) is 0 Å². The molecule has 0 bridgehead atoms. The molecule has 0 heterocycles. The standard InChI is InChI=1S/C14H13N3O3/c1-20-14-8-7-12(11-5-3-2-4-6-11)9-13(14)16-15-10-17(18)19/h2-10,16H,1H3/b15-10+. The van der Waals surface area contributed by atoms with Crippen LogP contribution in [0.1, 0.15) is 0 Å². The summed E-state index contributed by atoms with van der Waals surface area (Å²) in [6.07, 6.45) is 0.592. The third-order valence-corrected chi connectivity index (χ3v) is 2.64. The summed E-state index contributed by atoms with van der Waals surface area (Å²) in [7, 11) is 1.53. The summed E-state index contributed by atoms with van der Waals surface area (Å²) in [5.41, 5.74) is 5.17. The van der Waals surface area contributed by atoms with E-state index in [1.165, 1.54) is 7.11 Å². The minimum atomic E-state index is -0.638. The summed E-state index contributed by atoms with van der Waals surface area (Å²) in [6, 6.07) is 15.3. The molecule has 6 nitrogen and oxygen atoms in total. The van der Waals surface area contributed by atoms with Crippen molar-refractivity contribution in [3.63, 3.8) is 0 Å². The lowest BCUT2D eigenvalue weighted by molar-refractivity contribution is -0.339. The number of nitrogens with zero attached hydrogens (tertiary/aromatic N) is 2. The van der Waals surface area contributed by atoms with Crippen LogP contribution in [0.3, 0.4) is 0 Å². The zero-order chi connectivity index (χ0) is 14.4. The number of methoxy groups -OCH3 is 1. The molecule has 0 aliphatic rings. The van der Waals surface area contributed by atoms with E-state index >= 15 is 0 Å². The molecule has 20 heavy (non-hydrogen) atoms. The third-order valence-electron chi connectivity index (χ3n) is 2.64. The lowest BCUT2D eigenvalue weighted by atomic mass is 10.1. The van der Waals surface area contributed by atoms with Crippen LogP contribution in [0.2, 0.25) is 0 Å². The highest BCUT2D eigenvalue weighted by Crippen LogP contribution is 2.30. The van der Waals surface area contributed by atoms with Gasteiger partial charge in [0.25, 0.3) is 0 Å². The van der Waals surface area contributed by atoms with E-state index in [1.807, 2.05) is 42.5 Å². The van der Waals surface area contributed by atoms with Crippen LogP contribution in [0, 0.1) is 10.1 Å². The smallest absolute Gasteiger partial charge is 0.352 e. The maximum absolute atomic E-state index is 10.2. The zero-order valence-corrected chi connectivity index (χ0v) is 10.8. The fourth-order valence-electron chi connectivity index (χ4n) is 1.75. The van der Waals surface area contributed by atoms with Crippen molar-refractivity contribution < 1.29 is 9.66 Å². The highest BCUT2D eigenvalue weighted by atomic mass is 16.6. The van der Waals surface area contributed by atoms with E-state index in [2.05, 4.69) is 10.5 Å². The molecule has 0 aliphatic heterocycles. The van der Waals surface area contributed by atoms with E-state index < -0.39 is 4.92 Å². The van der Waals surface area contributed by atoms with Crippen molar-refractivity contribution in [3.05, 3.63) is 58.6 Å². The maximum atomic E-state index is 10.2. The van der Waals surface area contributed by atoms with Crippen molar-refractivity contribution in [2.45, 2.75) is 0 Å². The van der Waals surface area contributed by atoms with Crippen molar-refractivity contribution in [1.29, 1.82) is 0 Å². The van der Waals surface area contributed by atoms with Gasteiger partial charge in [0, 0.05) is 5.10 Å². The Balaban J connectivity index is 2.31. The molecule has 102 valence electrons. The van der Waals surface area contributed by atoms with Gasteiger partial charge in [-0.15, -0.1) is 0 Å². The number of ether oxygens (including phenoxy) is 1. The fraction of sp³-hybridized carbons (Fsp3) is 0.0714. The van der Waals surface area contributed by atoms with Crippen LogP contribution in [0.15, 0.2) is 53.6 Å². The summed E-state index contributed by atoms with van der Waals surface area (Å²) in [5.74, 6) is 0.560. The molecule has 0 amide bonds. The Morgan fingerprint density at radius 3 is 2.60 bits per heavy atom. The minimum Gasteiger partial charge on any atom is -0.494 e. The third kappa shape index (κ3) is 3.32. The summed E-state index contributed by atoms with van der Waals surface area (Å²) < 4.78 is 5.19. The van der Waals surface area contributed by atoms with Crippen LogP contribution in [-0.4, -0.2) is 18.4 Å². The molecule has 0 spiro atoms. The van der Waals surface area contributed by atoms with Crippen LogP contribution in [-0.2, 0) is 0 Å². The predicted molar refractivity (Wildman–Crippen MR) is 77.5 cm³/mol. The molecule has 0 radical (unpaired) electrons. The summed E-state index contributed by atoms with van der Waals surface area (Å²) >= 11 is 0. The topological polar surface area (TPSA) is 76.8 Å². The van der Waals surface area contributed by atoms with Crippen molar-refractivity contribution in [1.82, 2.24) is 0 Å². The molecule has 0 saturated heterocycles. The Morgan fingerprint density at radius 2 is 1.95 bits per heavy atom. The summed E-state index contributed by atoms with van der Waals surface area (Å²) in [4.78, 5) is 9.58. The van der Waals surface area contributed by atoms with Gasteiger partial charge in [-0.2, -0.15) is 5.43 Å². The first kappa shape index (κ1) is 13.5. The molecular weight excluding hydrogens is 258 g/mol. The number of rotatable bonds is 5. The monoisotopic (exact) mass is 271 g/mol. The number of hydrazone groups is 1. The lowest BCUT2D eigenvalue weighted by Gasteiger charge is -2.08. The maximum Gasteiger partial charge on any atom is 0.352 e. The Hall–Kier alpha value is -2.89. The molecular formula is C14H13N3O3. The number of hydrogen-bond donors (Lipinski definition) is 1. The number of anilines is 1. The molecule has 1 N–H and O–H groups in total. The molecule has 2 aromatic rings. The normalized spacial score (nSPS) is 10.4. The van der Waals surface area contributed by atoms with Gasteiger partial charge in [-0.05, 0) is 28.2 Å². The Bertz CT molecular complexity index is 627. The highest BCUT2D eigenvalue weighted by molar-refractivity contribution is 5.72. The van der Waals surface area contributed by atoms with Gasteiger partial charge in [-0.3, -0.25) is 0 Å². The highest BCUT2D eigenvalue weighted by Gasteiger charge is 2.07. The van der Waals surface area contributed by atoms with E-state index in [0.29, 0.717) is 17.8 Å². The van der Waals surface area contributed by atoms with Gasteiger partial charge in [-0.1, -0.05) is 36.4 Å². The number of nitro groups is 1. The van der Waals surface area contributed by atoms with Crippen LogP contribution in [0.25, 0.3) is 11.1 Å². The van der Waals surface area contributed by atoms with E-state index in [9.17, 15) is 10.1 Å². The van der Waals surface area contributed by atoms with Crippen LogP contribution in [0.5, 0.6) is 5.75 Å². The number of nitrogens with one attached hydrogen (secondary N) is 1. The van der Waals surface area contributed by atoms with E-state index in [-0.39, 0.29) is 0 Å². The molecule has 0 fully saturated rings. The van der Waals surface area contributed by atoms with E-state index in [1.54, 1.807) is 6.07 Å². The summed E-state index contributed by atoms with van der Waals surface area (Å²) in [6.45, 7) is 0. The van der Waals surface area contributed by atoms with Gasteiger partial charge in [0.2, 0.25) is 0 Å². The number of benzene rings is 2. The van der Waals surface area contributed by atoms with Crippen molar-refractivity contribution >= 4 is 12.0 Å². The predicted octanol–water partition coefficient (Wildman–Crippen LogP) is 2.99. The molecule has 2 aromatic carbocycles. The average Bonchev–Trinajstić information content (AvgIpc) is 2.47. The van der Waals surface area contributed by atoms with Gasteiger partial charge < -0.3 is 14.9 Å². The Kier molecular flexibility index (Phi) is 4.28. The molecule has 0 aromatic heterocycles. The first-order valence-electron chi connectivity index (χ1n) is 5.87. The molecule has 0 atom stereocenters. The van der Waals surface area contributed by atoms with E-state index in [0.717, 1.165) is 11.1 Å². The Labute approximate surface area is 115 Å². The molecule has 0 aliphatic carbocycles. The first-order chi connectivity index (χ1) is 9.70. The van der Waals surface area contributed by atoms with Crippen molar-refractivity contribution in [2.75, 3.05) is 12.5 Å². The van der Waals surface area contributed by atoms with Crippen LogP contribution >= 0.6 is 0 Å². The van der Waals surface area contributed by atoms with Gasteiger partial charge in [0.1, 0.15) is 11.4 Å². The second kappa shape index (κ2) is 6.33. The minimum absolute atomic E-state index is 0.560. The first-order valence-corrected chi connectivity index (χ1v) is 5.87. The Morgan fingerprint density at radius 1 is 1.20 bits per heavy atom. The molecule has 6 heteroatoms. The largest absolute Gasteiger partial charge is 0.494 e. The molecule has 0 saturated carbocycles. The van der Waals surface area contributed by atoms with Crippen LogP contribution < -0.4 is 10.2 Å². The van der Waals surface area contributed by atoms with Crippen molar-refractivity contribution in [2.24, 2.45) is 5.10 Å². The van der Waals surface area contributed by atoms with Gasteiger partial charge in [0.15, 0.2) is 0 Å². The van der Waals surface area contributed by atoms with Gasteiger partial charge in [0.05, 0.1) is 7.11 Å². The van der Waals surface area contributed by atoms with Crippen LogP contribution in [0.4, 0.5) is 5.69 Å². The van der Waals surface area contributed by atoms with E-state index in [4.69, 9.17) is 4.74 Å². The second-order valence-corrected chi connectivity index (χ2v) is 3.92. The second-order valence-electron chi connectivity index (χ2n) is 3.92. The lowest BCUT2D eigenvalue weighted by Crippen LogP contribution is -1.99. The molecule has 2 rings (SSSR count). The SMILES string of the molecule is COc1ccc(-c2ccccc2)cc1N/N=C/[N+](=O)[O-]. The average molecular weight is 271 g/mol. The van der Waals surface area contributed by atoms with Gasteiger partial charge >= 0.3 is 6.34 Å². The number of hydrogen-bond acceptors (Lipinski definition) is 5. The van der Waals surface area contributed by atoms with Crippen molar-refractivity contribution in [3.8, 4) is 16.9 Å². The fourth-order valence-corrected chi connectivity index (χ4v) is 1.75. The molecule has 0 unspecified atom stereocenters.